The van der Waals surface area contributed by atoms with Crippen molar-refractivity contribution >= 4 is 23.0 Å². The first kappa shape index (κ1) is 18.1. The summed E-state index contributed by atoms with van der Waals surface area (Å²) >= 11 is 0. The van der Waals surface area contributed by atoms with Crippen molar-refractivity contribution in [3.8, 4) is 0 Å². The second-order valence-corrected chi connectivity index (χ2v) is 6.85. The third-order valence-corrected chi connectivity index (χ3v) is 4.99. The Balaban J connectivity index is 2.02. The summed E-state index contributed by atoms with van der Waals surface area (Å²) in [4.78, 5) is 22.0. The number of benzene rings is 1. The van der Waals surface area contributed by atoms with Gasteiger partial charge in [0, 0.05) is 18.3 Å². The fourth-order valence-corrected chi connectivity index (χ4v) is 3.62. The van der Waals surface area contributed by atoms with Crippen LogP contribution < -0.4 is 10.2 Å². The lowest BCUT2D eigenvalue weighted by molar-refractivity contribution is -0.383. The topological polar surface area (TPSA) is 84.2 Å². The summed E-state index contributed by atoms with van der Waals surface area (Å²) in [6.45, 7) is 6.90. The van der Waals surface area contributed by atoms with Crippen molar-refractivity contribution in [2.45, 2.75) is 52.5 Å². The molecule has 1 aliphatic rings. The van der Waals surface area contributed by atoms with Crippen molar-refractivity contribution in [2.75, 3.05) is 16.8 Å². The highest BCUT2D eigenvalue weighted by Gasteiger charge is 2.31. The molecule has 1 aromatic heterocycles. The smallest absolute Gasteiger partial charge is 0.348 e. The molecular formula is C19H25N5O2. The van der Waals surface area contributed by atoms with E-state index in [0.29, 0.717) is 5.82 Å². The molecule has 7 heteroatoms. The quantitative estimate of drug-likeness (QED) is 0.627. The molecule has 1 unspecified atom stereocenters. The van der Waals surface area contributed by atoms with Crippen LogP contribution in [-0.4, -0.2) is 27.5 Å². The lowest BCUT2D eigenvalue weighted by atomic mass is 10.00. The first-order valence-corrected chi connectivity index (χ1v) is 9.11. The van der Waals surface area contributed by atoms with Crippen molar-refractivity contribution in [1.82, 2.24) is 9.97 Å². The van der Waals surface area contributed by atoms with Crippen LogP contribution >= 0.6 is 0 Å². The number of anilines is 3. The summed E-state index contributed by atoms with van der Waals surface area (Å²) in [6.07, 6.45) is 5.58. The zero-order valence-corrected chi connectivity index (χ0v) is 15.5. The van der Waals surface area contributed by atoms with E-state index in [0.717, 1.165) is 49.0 Å². The number of aromatic nitrogens is 2. The van der Waals surface area contributed by atoms with Gasteiger partial charge in [0.25, 0.3) is 0 Å². The third kappa shape index (κ3) is 3.61. The predicted octanol–water partition coefficient (Wildman–Crippen LogP) is 4.51. The van der Waals surface area contributed by atoms with Gasteiger partial charge >= 0.3 is 5.69 Å². The Hall–Kier alpha value is -2.70. The van der Waals surface area contributed by atoms with Crippen LogP contribution in [0.25, 0.3) is 0 Å². The van der Waals surface area contributed by atoms with Crippen LogP contribution in [0.2, 0.25) is 0 Å². The molecule has 2 heterocycles. The summed E-state index contributed by atoms with van der Waals surface area (Å²) in [5.74, 6) is 0.663. The van der Waals surface area contributed by atoms with Gasteiger partial charge in [0.1, 0.15) is 6.33 Å². The maximum absolute atomic E-state index is 11.9. The molecule has 7 nitrogen and oxygen atoms in total. The van der Waals surface area contributed by atoms with Gasteiger partial charge in [-0.3, -0.25) is 10.1 Å². The van der Waals surface area contributed by atoms with Crippen LogP contribution in [-0.2, 0) is 0 Å². The van der Waals surface area contributed by atoms with Gasteiger partial charge in [-0.1, -0.05) is 24.6 Å². The fraction of sp³-hybridized carbons (Fsp3) is 0.474. The van der Waals surface area contributed by atoms with Gasteiger partial charge in [-0.05, 0) is 51.2 Å². The molecule has 1 aliphatic heterocycles. The molecule has 1 aromatic carbocycles. The molecule has 0 aliphatic carbocycles. The summed E-state index contributed by atoms with van der Waals surface area (Å²) in [7, 11) is 0. The van der Waals surface area contributed by atoms with Crippen LogP contribution in [0.4, 0.5) is 23.0 Å². The highest BCUT2D eigenvalue weighted by atomic mass is 16.6. The number of rotatable bonds is 5. The molecule has 1 atom stereocenters. The van der Waals surface area contributed by atoms with Gasteiger partial charge in [-0.2, -0.15) is 0 Å². The first-order valence-electron chi connectivity index (χ1n) is 9.11. The van der Waals surface area contributed by atoms with E-state index in [1.807, 2.05) is 32.0 Å². The number of piperidine rings is 1. The van der Waals surface area contributed by atoms with Crippen LogP contribution in [0.15, 0.2) is 24.5 Å². The van der Waals surface area contributed by atoms with E-state index in [1.165, 1.54) is 6.33 Å². The number of nitrogens with one attached hydrogen (secondary N) is 1. The molecule has 1 saturated heterocycles. The molecule has 1 N–H and O–H groups in total. The van der Waals surface area contributed by atoms with Crippen molar-refractivity contribution in [3.63, 3.8) is 0 Å². The van der Waals surface area contributed by atoms with E-state index in [4.69, 9.17) is 0 Å². The van der Waals surface area contributed by atoms with Gasteiger partial charge in [0.05, 0.1) is 4.92 Å². The molecule has 3 rings (SSSR count). The number of nitro groups is 1. The molecule has 0 bridgehead atoms. The number of hydrogen-bond donors (Lipinski definition) is 1. The lowest BCUT2D eigenvalue weighted by Gasteiger charge is -2.35. The summed E-state index contributed by atoms with van der Waals surface area (Å²) in [6, 6.07) is 6.22. The van der Waals surface area contributed by atoms with Crippen LogP contribution in [0, 0.1) is 24.0 Å². The highest BCUT2D eigenvalue weighted by molar-refractivity contribution is 5.75. The highest BCUT2D eigenvalue weighted by Crippen LogP contribution is 2.37. The average Bonchev–Trinajstić information content (AvgIpc) is 2.63. The Labute approximate surface area is 153 Å². The monoisotopic (exact) mass is 355 g/mol. The second-order valence-electron chi connectivity index (χ2n) is 6.85. The Morgan fingerprint density at radius 2 is 2.12 bits per heavy atom. The first-order chi connectivity index (χ1) is 12.5. The molecule has 0 amide bonds. The molecule has 2 aromatic rings. The molecule has 0 spiro atoms. The van der Waals surface area contributed by atoms with E-state index in [-0.39, 0.29) is 22.5 Å². The number of aryl methyl sites for hydroxylation is 2. The normalized spacial score (nSPS) is 17.2. The minimum Gasteiger partial charge on any atom is -0.348 e. The molecule has 1 fully saturated rings. The maximum atomic E-state index is 11.9. The summed E-state index contributed by atoms with van der Waals surface area (Å²) in [5.41, 5.74) is 2.93. The Kier molecular flexibility index (Phi) is 5.35. The van der Waals surface area contributed by atoms with E-state index in [2.05, 4.69) is 27.1 Å². The molecule has 0 saturated carbocycles. The van der Waals surface area contributed by atoms with Crippen molar-refractivity contribution in [2.24, 2.45) is 0 Å². The predicted molar refractivity (Wildman–Crippen MR) is 103 cm³/mol. The van der Waals surface area contributed by atoms with Crippen LogP contribution in [0.1, 0.15) is 43.7 Å². The zero-order chi connectivity index (χ0) is 18.7. The second kappa shape index (κ2) is 7.68. The van der Waals surface area contributed by atoms with E-state index < -0.39 is 0 Å². The van der Waals surface area contributed by atoms with Crippen LogP contribution in [0.3, 0.4) is 0 Å². The minimum atomic E-state index is -0.373. The largest absolute Gasteiger partial charge is 0.353 e. The summed E-state index contributed by atoms with van der Waals surface area (Å²) in [5, 5.41) is 15.0. The van der Waals surface area contributed by atoms with Crippen molar-refractivity contribution in [3.05, 3.63) is 45.8 Å². The van der Waals surface area contributed by atoms with Gasteiger partial charge in [0.2, 0.25) is 11.6 Å². The molecule has 26 heavy (non-hydrogen) atoms. The van der Waals surface area contributed by atoms with E-state index in [9.17, 15) is 10.1 Å². The fourth-order valence-electron chi connectivity index (χ4n) is 3.62. The van der Waals surface area contributed by atoms with E-state index >= 15 is 0 Å². The van der Waals surface area contributed by atoms with E-state index in [1.54, 1.807) is 0 Å². The average molecular weight is 355 g/mol. The van der Waals surface area contributed by atoms with Gasteiger partial charge in [-0.25, -0.2) is 9.97 Å². The third-order valence-electron chi connectivity index (χ3n) is 4.99. The maximum Gasteiger partial charge on any atom is 0.353 e. The van der Waals surface area contributed by atoms with Crippen molar-refractivity contribution < 1.29 is 4.92 Å². The zero-order valence-electron chi connectivity index (χ0n) is 15.5. The Bertz CT molecular complexity index is 809. The van der Waals surface area contributed by atoms with Gasteiger partial charge in [-0.15, -0.1) is 0 Å². The minimum absolute atomic E-state index is 0.0483. The SMILES string of the molecule is CCC1CCCCN1c1ncnc(Nc2ccc(C)cc2C)c1[N+](=O)[O-]. The number of hydrogen-bond acceptors (Lipinski definition) is 6. The number of nitrogens with zero attached hydrogens (tertiary/aromatic N) is 4. The lowest BCUT2D eigenvalue weighted by Crippen LogP contribution is -2.40. The Morgan fingerprint density at radius 3 is 2.81 bits per heavy atom. The Morgan fingerprint density at radius 1 is 1.31 bits per heavy atom. The molecular weight excluding hydrogens is 330 g/mol. The molecule has 0 radical (unpaired) electrons. The summed E-state index contributed by atoms with van der Waals surface area (Å²) < 4.78 is 0. The standard InChI is InChI=1S/C19H25N5O2/c1-4-15-7-5-6-10-23(15)19-17(24(25)26)18(20-12-21-19)22-16-9-8-13(2)11-14(16)3/h8-9,11-12,15H,4-7,10H2,1-3H3,(H,20,21,22). The van der Waals surface area contributed by atoms with Crippen LogP contribution in [0.5, 0.6) is 0 Å². The molecule has 138 valence electrons. The van der Waals surface area contributed by atoms with Crippen molar-refractivity contribution in [1.29, 1.82) is 0 Å². The van der Waals surface area contributed by atoms with Gasteiger partial charge < -0.3 is 10.2 Å². The van der Waals surface area contributed by atoms with Gasteiger partial charge in [0.15, 0.2) is 0 Å².